The molecular formula is C23H34N4O3. The van der Waals surface area contributed by atoms with Gasteiger partial charge in [-0.15, -0.1) is 0 Å². The summed E-state index contributed by atoms with van der Waals surface area (Å²) in [5.41, 5.74) is 1.29. The summed E-state index contributed by atoms with van der Waals surface area (Å²) in [7, 11) is 0. The Labute approximate surface area is 179 Å². The van der Waals surface area contributed by atoms with E-state index in [-0.39, 0.29) is 11.9 Å². The van der Waals surface area contributed by atoms with Crippen LogP contribution >= 0.6 is 0 Å². The van der Waals surface area contributed by atoms with E-state index in [9.17, 15) is 4.79 Å². The molecule has 1 amide bonds. The van der Waals surface area contributed by atoms with E-state index in [2.05, 4.69) is 39.3 Å². The van der Waals surface area contributed by atoms with Gasteiger partial charge < -0.3 is 14.6 Å². The van der Waals surface area contributed by atoms with Gasteiger partial charge >= 0.3 is 0 Å². The summed E-state index contributed by atoms with van der Waals surface area (Å²) < 4.78 is 10.6. The van der Waals surface area contributed by atoms with E-state index >= 15 is 0 Å². The second-order valence-electron chi connectivity index (χ2n) is 7.86. The summed E-state index contributed by atoms with van der Waals surface area (Å²) in [4.78, 5) is 17.7. The fourth-order valence-electron chi connectivity index (χ4n) is 3.86. The van der Waals surface area contributed by atoms with E-state index in [0.29, 0.717) is 18.2 Å². The van der Waals surface area contributed by atoms with Gasteiger partial charge in [0.2, 0.25) is 5.91 Å². The molecule has 1 unspecified atom stereocenters. The summed E-state index contributed by atoms with van der Waals surface area (Å²) in [6.07, 6.45) is 2.96. The molecule has 7 heteroatoms. The minimum absolute atomic E-state index is 0.0108. The highest BCUT2D eigenvalue weighted by atomic mass is 16.5. The monoisotopic (exact) mass is 414 g/mol. The van der Waals surface area contributed by atoms with Crippen molar-refractivity contribution in [1.29, 1.82) is 0 Å². The van der Waals surface area contributed by atoms with Crippen molar-refractivity contribution >= 4 is 11.7 Å². The van der Waals surface area contributed by atoms with Crippen LogP contribution in [0.4, 0.5) is 5.82 Å². The number of amides is 1. The molecule has 1 saturated heterocycles. The molecule has 7 nitrogen and oxygen atoms in total. The minimum Gasteiger partial charge on any atom is -0.494 e. The van der Waals surface area contributed by atoms with Gasteiger partial charge in [-0.1, -0.05) is 37.1 Å². The van der Waals surface area contributed by atoms with Crippen LogP contribution in [0.5, 0.6) is 5.75 Å². The first kappa shape index (κ1) is 22.3. The van der Waals surface area contributed by atoms with Crippen molar-refractivity contribution in [3.8, 4) is 5.75 Å². The molecule has 0 radical (unpaired) electrons. The molecule has 1 atom stereocenters. The van der Waals surface area contributed by atoms with E-state index in [1.807, 2.05) is 26.0 Å². The highest BCUT2D eigenvalue weighted by molar-refractivity contribution is 5.94. The van der Waals surface area contributed by atoms with Crippen molar-refractivity contribution in [1.82, 2.24) is 15.0 Å². The maximum absolute atomic E-state index is 12.9. The molecule has 2 heterocycles. The number of hydrogen-bond donors (Lipinski definition) is 1. The summed E-state index contributed by atoms with van der Waals surface area (Å²) in [5, 5.41) is 6.82. The predicted molar refractivity (Wildman–Crippen MR) is 118 cm³/mol. The molecule has 1 aromatic heterocycles. The van der Waals surface area contributed by atoms with Crippen LogP contribution in [0.1, 0.15) is 44.4 Å². The number of rotatable bonds is 10. The Hall–Kier alpha value is -2.38. The van der Waals surface area contributed by atoms with E-state index in [1.165, 1.54) is 5.56 Å². The third-order valence-electron chi connectivity index (χ3n) is 5.50. The van der Waals surface area contributed by atoms with Gasteiger partial charge in [0, 0.05) is 38.8 Å². The Bertz CT molecular complexity index is 782. The second-order valence-corrected chi connectivity index (χ2v) is 7.86. The van der Waals surface area contributed by atoms with Gasteiger partial charge in [-0.3, -0.25) is 14.6 Å². The van der Waals surface area contributed by atoms with Crippen LogP contribution in [0.25, 0.3) is 0 Å². The lowest BCUT2D eigenvalue weighted by atomic mass is 10.1. The maximum atomic E-state index is 12.9. The molecule has 1 aliphatic rings. The summed E-state index contributed by atoms with van der Waals surface area (Å²) in [6, 6.07) is 9.96. The summed E-state index contributed by atoms with van der Waals surface area (Å²) in [6.45, 7) is 11.3. The van der Waals surface area contributed by atoms with Crippen LogP contribution in [-0.4, -0.2) is 59.7 Å². The first-order valence-corrected chi connectivity index (χ1v) is 11.0. The first-order valence-electron chi connectivity index (χ1n) is 11.0. The lowest BCUT2D eigenvalue weighted by Gasteiger charge is -2.38. The fraction of sp³-hybridized carbons (Fsp3) is 0.565. The molecule has 0 spiro atoms. The Morgan fingerprint density at radius 2 is 1.93 bits per heavy atom. The third-order valence-corrected chi connectivity index (χ3v) is 5.50. The van der Waals surface area contributed by atoms with Crippen molar-refractivity contribution in [2.24, 2.45) is 0 Å². The number of ether oxygens (including phenoxy) is 1. The van der Waals surface area contributed by atoms with Gasteiger partial charge in [-0.2, -0.15) is 0 Å². The zero-order valence-corrected chi connectivity index (χ0v) is 18.4. The highest BCUT2D eigenvalue weighted by Gasteiger charge is 2.29. The minimum atomic E-state index is -0.130. The zero-order chi connectivity index (χ0) is 21.3. The van der Waals surface area contributed by atoms with Gasteiger partial charge in [-0.25, -0.2) is 0 Å². The van der Waals surface area contributed by atoms with Gasteiger partial charge in [0.25, 0.3) is 0 Å². The Morgan fingerprint density at radius 3 is 2.53 bits per heavy atom. The van der Waals surface area contributed by atoms with Gasteiger partial charge in [-0.05, 0) is 38.0 Å². The van der Waals surface area contributed by atoms with Gasteiger partial charge in [0.1, 0.15) is 11.5 Å². The fourth-order valence-corrected chi connectivity index (χ4v) is 3.86. The molecule has 0 aliphatic carbocycles. The number of unbranched alkanes of at least 4 members (excludes halogenated alkanes) is 1. The van der Waals surface area contributed by atoms with E-state index in [4.69, 9.17) is 9.26 Å². The number of carbonyl (C=O) groups is 1. The number of carbonyl (C=O) groups excluding carboxylic acids is 1. The molecular weight excluding hydrogens is 380 g/mol. The number of piperazine rings is 1. The molecule has 0 saturated carbocycles. The van der Waals surface area contributed by atoms with Crippen LogP contribution in [-0.2, 0) is 11.3 Å². The molecule has 0 bridgehead atoms. The van der Waals surface area contributed by atoms with Crippen LogP contribution in [0, 0.1) is 6.92 Å². The Balaban J connectivity index is 1.53. The Morgan fingerprint density at radius 1 is 1.20 bits per heavy atom. The first-order chi connectivity index (χ1) is 14.6. The molecule has 1 N–H and O–H groups in total. The largest absolute Gasteiger partial charge is 0.494 e. The normalized spacial score (nSPS) is 16.4. The maximum Gasteiger partial charge on any atom is 0.242 e. The van der Waals surface area contributed by atoms with Crippen molar-refractivity contribution in [2.45, 2.75) is 52.6 Å². The number of nitrogens with one attached hydrogen (secondary N) is 1. The molecule has 3 rings (SSSR count). The number of hydrogen-bond acceptors (Lipinski definition) is 6. The smallest absolute Gasteiger partial charge is 0.242 e. The van der Waals surface area contributed by atoms with Crippen molar-refractivity contribution in [2.75, 3.05) is 38.1 Å². The summed E-state index contributed by atoms with van der Waals surface area (Å²) in [5.74, 6) is 2.11. The van der Waals surface area contributed by atoms with Crippen LogP contribution < -0.4 is 10.1 Å². The standard InChI is InChI=1S/C23H34N4O3/c1-4-6-7-21(23(28)24-22-16-18(3)30-25-22)27-14-12-26(13-15-27)17-19-8-10-20(11-9-19)29-5-2/h8-11,16,21H,4-7,12-15,17H2,1-3H3,(H,24,25,28). The molecule has 1 aromatic carbocycles. The van der Waals surface area contributed by atoms with Crippen LogP contribution in [0.2, 0.25) is 0 Å². The third kappa shape index (κ3) is 6.31. The second kappa shape index (κ2) is 11.1. The molecule has 30 heavy (non-hydrogen) atoms. The van der Waals surface area contributed by atoms with Crippen molar-refractivity contribution in [3.63, 3.8) is 0 Å². The lowest BCUT2D eigenvalue weighted by Crippen LogP contribution is -2.53. The van der Waals surface area contributed by atoms with E-state index < -0.39 is 0 Å². The average molecular weight is 415 g/mol. The van der Waals surface area contributed by atoms with Crippen LogP contribution in [0.3, 0.4) is 0 Å². The topological polar surface area (TPSA) is 70.8 Å². The van der Waals surface area contributed by atoms with Crippen molar-refractivity contribution < 1.29 is 14.1 Å². The summed E-state index contributed by atoms with van der Waals surface area (Å²) >= 11 is 0. The van der Waals surface area contributed by atoms with Gasteiger partial charge in [0.05, 0.1) is 12.6 Å². The van der Waals surface area contributed by atoms with Crippen LogP contribution in [0.15, 0.2) is 34.9 Å². The van der Waals surface area contributed by atoms with Crippen molar-refractivity contribution in [3.05, 3.63) is 41.7 Å². The Kier molecular flexibility index (Phi) is 8.28. The molecule has 164 valence electrons. The predicted octanol–water partition coefficient (Wildman–Crippen LogP) is 3.70. The lowest BCUT2D eigenvalue weighted by molar-refractivity contribution is -0.122. The molecule has 1 aliphatic heterocycles. The number of anilines is 1. The average Bonchev–Trinajstić information content (AvgIpc) is 3.15. The SMILES string of the molecule is CCCCC(C(=O)Nc1cc(C)on1)N1CCN(Cc2ccc(OCC)cc2)CC1. The molecule has 2 aromatic rings. The number of benzene rings is 1. The number of aryl methyl sites for hydroxylation is 1. The number of nitrogens with zero attached hydrogens (tertiary/aromatic N) is 3. The highest BCUT2D eigenvalue weighted by Crippen LogP contribution is 2.18. The zero-order valence-electron chi connectivity index (χ0n) is 18.4. The molecule has 1 fully saturated rings. The van der Waals surface area contributed by atoms with E-state index in [1.54, 1.807) is 6.07 Å². The number of aromatic nitrogens is 1. The van der Waals surface area contributed by atoms with Gasteiger partial charge in [0.15, 0.2) is 5.82 Å². The quantitative estimate of drug-likeness (QED) is 0.639. The van der Waals surface area contributed by atoms with E-state index in [0.717, 1.165) is 57.7 Å².